The molecule has 3 aromatic rings. The molecule has 3 rings (SSSR count). The Morgan fingerprint density at radius 3 is 2.53 bits per heavy atom. The van der Waals surface area contributed by atoms with Crippen LogP contribution in [0.25, 0.3) is 10.8 Å². The largest absolute Gasteiger partial charge is 0.506 e. The molecule has 0 saturated heterocycles. The van der Waals surface area contributed by atoms with Gasteiger partial charge in [0.05, 0.1) is 0 Å². The minimum atomic E-state index is 0.110. The van der Waals surface area contributed by atoms with Crippen LogP contribution in [0.3, 0.4) is 0 Å². The summed E-state index contributed by atoms with van der Waals surface area (Å²) in [4.78, 5) is 4.06. The summed E-state index contributed by atoms with van der Waals surface area (Å²) < 4.78 is 0. The van der Waals surface area contributed by atoms with Crippen LogP contribution in [0.1, 0.15) is 0 Å². The summed E-state index contributed by atoms with van der Waals surface area (Å²) in [5, 5.41) is 19.9. The zero-order valence-corrected chi connectivity index (χ0v) is 10.1. The number of pyridine rings is 1. The van der Waals surface area contributed by atoms with Gasteiger partial charge in [-0.2, -0.15) is 0 Å². The summed E-state index contributed by atoms with van der Waals surface area (Å²) in [7, 11) is 0. The van der Waals surface area contributed by atoms with E-state index in [-0.39, 0.29) is 5.75 Å². The predicted octanol–water partition coefficient (Wildman–Crippen LogP) is 4.36. The van der Waals surface area contributed by atoms with E-state index in [0.29, 0.717) is 11.5 Å². The SMILES string of the molecule is Oc1ccc2ccccc2c1/N=N/c1ccccn1. The molecular weight excluding hydrogens is 238 g/mol. The number of hydrogen-bond donors (Lipinski definition) is 1. The van der Waals surface area contributed by atoms with Crippen molar-refractivity contribution in [1.82, 2.24) is 4.98 Å². The van der Waals surface area contributed by atoms with Crippen molar-refractivity contribution in [1.29, 1.82) is 0 Å². The van der Waals surface area contributed by atoms with Gasteiger partial charge in [0.2, 0.25) is 0 Å². The molecule has 0 aliphatic rings. The highest BCUT2D eigenvalue weighted by molar-refractivity contribution is 5.95. The molecule has 2 aromatic carbocycles. The van der Waals surface area contributed by atoms with Crippen LogP contribution in [-0.2, 0) is 0 Å². The van der Waals surface area contributed by atoms with E-state index in [1.807, 2.05) is 42.5 Å². The maximum absolute atomic E-state index is 9.91. The van der Waals surface area contributed by atoms with Crippen LogP contribution in [0.5, 0.6) is 5.75 Å². The van der Waals surface area contributed by atoms with Crippen molar-refractivity contribution in [3.05, 3.63) is 60.8 Å². The Bertz CT molecular complexity index is 739. The van der Waals surface area contributed by atoms with Crippen molar-refractivity contribution < 1.29 is 5.11 Å². The Hall–Kier alpha value is -2.75. The topological polar surface area (TPSA) is 57.8 Å². The number of fused-ring (bicyclic) bond motifs is 1. The van der Waals surface area contributed by atoms with Crippen LogP contribution in [0.2, 0.25) is 0 Å². The van der Waals surface area contributed by atoms with Crippen molar-refractivity contribution in [2.75, 3.05) is 0 Å². The van der Waals surface area contributed by atoms with Crippen LogP contribution >= 0.6 is 0 Å². The zero-order valence-electron chi connectivity index (χ0n) is 10.1. The highest BCUT2D eigenvalue weighted by Gasteiger charge is 2.05. The molecule has 4 heteroatoms. The second-order valence-electron chi connectivity index (χ2n) is 4.04. The molecule has 1 aromatic heterocycles. The predicted molar refractivity (Wildman–Crippen MR) is 74.0 cm³/mol. The molecule has 0 fully saturated rings. The van der Waals surface area contributed by atoms with Crippen molar-refractivity contribution in [3.63, 3.8) is 0 Å². The van der Waals surface area contributed by atoms with E-state index in [4.69, 9.17) is 0 Å². The molecule has 0 radical (unpaired) electrons. The third-order valence-corrected chi connectivity index (χ3v) is 2.78. The fraction of sp³-hybridized carbons (Fsp3) is 0. The Balaban J connectivity index is 2.10. The summed E-state index contributed by atoms with van der Waals surface area (Å²) in [5.41, 5.74) is 0.462. The lowest BCUT2D eigenvalue weighted by Crippen LogP contribution is -1.75. The van der Waals surface area contributed by atoms with E-state index in [9.17, 15) is 5.11 Å². The van der Waals surface area contributed by atoms with Crippen LogP contribution in [0.4, 0.5) is 11.5 Å². The number of phenols is 1. The number of rotatable bonds is 2. The molecule has 92 valence electrons. The number of aromatic nitrogens is 1. The molecular formula is C15H11N3O. The summed E-state index contributed by atoms with van der Waals surface area (Å²) in [6.07, 6.45) is 1.65. The molecule has 1 heterocycles. The second kappa shape index (κ2) is 4.86. The summed E-state index contributed by atoms with van der Waals surface area (Å²) in [5.74, 6) is 0.619. The highest BCUT2D eigenvalue weighted by atomic mass is 16.3. The third kappa shape index (κ3) is 2.28. The minimum absolute atomic E-state index is 0.110. The molecule has 19 heavy (non-hydrogen) atoms. The van der Waals surface area contributed by atoms with E-state index >= 15 is 0 Å². The Labute approximate surface area is 110 Å². The second-order valence-corrected chi connectivity index (χ2v) is 4.04. The first-order valence-electron chi connectivity index (χ1n) is 5.88. The molecule has 0 bridgehead atoms. The minimum Gasteiger partial charge on any atom is -0.506 e. The Morgan fingerprint density at radius 1 is 0.842 bits per heavy atom. The Morgan fingerprint density at radius 2 is 1.68 bits per heavy atom. The van der Waals surface area contributed by atoms with Gasteiger partial charge < -0.3 is 5.11 Å². The van der Waals surface area contributed by atoms with E-state index in [2.05, 4.69) is 15.2 Å². The molecule has 0 amide bonds. The Kier molecular flexibility index (Phi) is 2.90. The summed E-state index contributed by atoms with van der Waals surface area (Å²) >= 11 is 0. The van der Waals surface area contributed by atoms with Crippen LogP contribution < -0.4 is 0 Å². The number of nitrogens with zero attached hydrogens (tertiary/aromatic N) is 3. The number of hydrogen-bond acceptors (Lipinski definition) is 4. The number of phenolic OH excluding ortho intramolecular Hbond substituents is 1. The van der Waals surface area contributed by atoms with Gasteiger partial charge >= 0.3 is 0 Å². The number of azo groups is 1. The van der Waals surface area contributed by atoms with E-state index < -0.39 is 0 Å². The summed E-state index contributed by atoms with van der Waals surface area (Å²) in [6.45, 7) is 0. The standard InChI is InChI=1S/C15H11N3O/c19-13-9-8-11-5-1-2-6-12(11)15(13)18-17-14-7-3-4-10-16-14/h1-10,19H/b18-17+. The average molecular weight is 249 g/mol. The van der Waals surface area contributed by atoms with Crippen molar-refractivity contribution in [3.8, 4) is 5.75 Å². The molecule has 4 nitrogen and oxygen atoms in total. The van der Waals surface area contributed by atoms with Gasteiger partial charge in [0.1, 0.15) is 11.4 Å². The monoisotopic (exact) mass is 249 g/mol. The first-order chi connectivity index (χ1) is 9.34. The lowest BCUT2D eigenvalue weighted by Gasteiger charge is -2.03. The van der Waals surface area contributed by atoms with Gasteiger partial charge in [0, 0.05) is 11.6 Å². The molecule has 0 aliphatic carbocycles. The van der Waals surface area contributed by atoms with Gasteiger partial charge in [-0.05, 0) is 23.6 Å². The first-order valence-corrected chi connectivity index (χ1v) is 5.88. The lowest BCUT2D eigenvalue weighted by atomic mass is 10.1. The average Bonchev–Trinajstić information content (AvgIpc) is 2.47. The molecule has 0 aliphatic heterocycles. The maximum Gasteiger partial charge on any atom is 0.174 e. The normalized spacial score (nSPS) is 11.2. The molecule has 0 unspecified atom stereocenters. The van der Waals surface area contributed by atoms with Gasteiger partial charge in [0.15, 0.2) is 5.82 Å². The fourth-order valence-electron chi connectivity index (χ4n) is 1.86. The van der Waals surface area contributed by atoms with Crippen LogP contribution in [0.15, 0.2) is 71.0 Å². The smallest absolute Gasteiger partial charge is 0.174 e. The fourth-order valence-corrected chi connectivity index (χ4v) is 1.86. The van der Waals surface area contributed by atoms with Gasteiger partial charge in [-0.15, -0.1) is 10.2 Å². The van der Waals surface area contributed by atoms with Gasteiger partial charge in [-0.25, -0.2) is 4.98 Å². The first kappa shape index (κ1) is 11.3. The van der Waals surface area contributed by atoms with Crippen LogP contribution in [0, 0.1) is 0 Å². The van der Waals surface area contributed by atoms with Gasteiger partial charge in [0.25, 0.3) is 0 Å². The third-order valence-electron chi connectivity index (χ3n) is 2.78. The maximum atomic E-state index is 9.91. The molecule has 0 spiro atoms. The van der Waals surface area contributed by atoms with Crippen molar-refractivity contribution in [2.24, 2.45) is 10.2 Å². The van der Waals surface area contributed by atoms with Crippen molar-refractivity contribution in [2.45, 2.75) is 0 Å². The highest BCUT2D eigenvalue weighted by Crippen LogP contribution is 2.35. The number of benzene rings is 2. The molecule has 0 atom stereocenters. The lowest BCUT2D eigenvalue weighted by molar-refractivity contribution is 0.477. The summed E-state index contributed by atoms with van der Waals surface area (Å²) in [6, 6.07) is 16.6. The van der Waals surface area contributed by atoms with Crippen LogP contribution in [-0.4, -0.2) is 10.1 Å². The quantitative estimate of drug-likeness (QED) is 0.686. The number of aromatic hydroxyl groups is 1. The van der Waals surface area contributed by atoms with Crippen molar-refractivity contribution >= 4 is 22.3 Å². The van der Waals surface area contributed by atoms with E-state index in [1.54, 1.807) is 18.3 Å². The van der Waals surface area contributed by atoms with Gasteiger partial charge in [-0.1, -0.05) is 36.4 Å². The molecule has 1 N–H and O–H groups in total. The molecule has 0 saturated carbocycles. The van der Waals surface area contributed by atoms with E-state index in [0.717, 1.165) is 10.8 Å². The zero-order chi connectivity index (χ0) is 13.1. The van der Waals surface area contributed by atoms with Gasteiger partial charge in [-0.3, -0.25) is 0 Å². The van der Waals surface area contributed by atoms with E-state index in [1.165, 1.54) is 0 Å².